The molecule has 4 fully saturated rings. The van der Waals surface area contributed by atoms with Gasteiger partial charge in [0.15, 0.2) is 0 Å². The van der Waals surface area contributed by atoms with Crippen molar-refractivity contribution in [1.29, 1.82) is 0 Å². The van der Waals surface area contributed by atoms with Crippen LogP contribution in [0.4, 0.5) is 4.39 Å². The maximum atomic E-state index is 13.5. The van der Waals surface area contributed by atoms with E-state index in [1.54, 1.807) is 0 Å². The third-order valence-corrected chi connectivity index (χ3v) is 7.45. The molecule has 7 heteroatoms. The third-order valence-electron chi connectivity index (χ3n) is 7.00. The molecule has 150 valence electrons. The Bertz CT molecular complexity index is 440. The molecule has 4 aliphatic rings. The van der Waals surface area contributed by atoms with Crippen molar-refractivity contribution in [1.82, 2.24) is 26.0 Å². The summed E-state index contributed by atoms with van der Waals surface area (Å²) in [5.74, 6) is 1.27. The monoisotopic (exact) mass is 387 g/mol. The molecule has 4 unspecified atom stereocenters. The summed E-state index contributed by atoms with van der Waals surface area (Å²) in [6.45, 7) is 7.74. The maximum absolute atomic E-state index is 13.5. The molecular formula is C19H35ClFN5. The number of halogens is 2. The predicted molar refractivity (Wildman–Crippen MR) is 104 cm³/mol. The molecule has 3 aliphatic heterocycles. The summed E-state index contributed by atoms with van der Waals surface area (Å²) in [6, 6.07) is 0.507. The van der Waals surface area contributed by atoms with Crippen molar-refractivity contribution in [2.45, 2.75) is 62.3 Å². The molecule has 0 radical (unpaired) electrons. The van der Waals surface area contributed by atoms with Gasteiger partial charge < -0.3 is 10.2 Å². The van der Waals surface area contributed by atoms with Crippen LogP contribution in [0.3, 0.4) is 0 Å². The molecule has 0 aromatic rings. The van der Waals surface area contributed by atoms with Gasteiger partial charge in [-0.3, -0.25) is 15.8 Å². The number of nitrogens with one attached hydrogen (secondary N) is 3. The predicted octanol–water partition coefficient (Wildman–Crippen LogP) is 1.54. The average molecular weight is 388 g/mol. The Kier molecular flexibility index (Phi) is 6.70. The Morgan fingerprint density at radius 1 is 1.00 bits per heavy atom. The van der Waals surface area contributed by atoms with E-state index in [-0.39, 0.29) is 5.38 Å². The van der Waals surface area contributed by atoms with Gasteiger partial charge in [-0.1, -0.05) is 0 Å². The number of hydrazine groups is 1. The van der Waals surface area contributed by atoms with Crippen LogP contribution in [0.2, 0.25) is 0 Å². The minimum Gasteiger partial charge on any atom is -0.300 e. The van der Waals surface area contributed by atoms with Crippen LogP contribution in [-0.4, -0.2) is 79.4 Å². The lowest BCUT2D eigenvalue weighted by molar-refractivity contribution is 0.0593. The average Bonchev–Trinajstić information content (AvgIpc) is 3.12. The van der Waals surface area contributed by atoms with Crippen molar-refractivity contribution < 1.29 is 4.39 Å². The quantitative estimate of drug-likeness (QED) is 0.638. The molecule has 5 nitrogen and oxygen atoms in total. The Balaban J connectivity index is 1.24. The molecule has 0 aromatic heterocycles. The fraction of sp³-hybridized carbons (Fsp3) is 1.00. The summed E-state index contributed by atoms with van der Waals surface area (Å²) in [5.41, 5.74) is 6.89. The van der Waals surface area contributed by atoms with E-state index in [0.717, 1.165) is 77.9 Å². The lowest BCUT2D eigenvalue weighted by Crippen LogP contribution is -2.60. The second-order valence-corrected chi connectivity index (χ2v) is 9.28. The standard InChI is InChI=1S/C19H35ClFN5/c20-17-2-1-7-22-19(17)26-10-8-25(9-11-26)13-15-12-23-24-18(15)14-3-5-16(21)6-4-14/h14-19,22-24H,1-13H2. The Hall–Kier alpha value is 0.0200. The van der Waals surface area contributed by atoms with E-state index in [0.29, 0.717) is 24.0 Å². The summed E-state index contributed by atoms with van der Waals surface area (Å²) >= 11 is 6.54. The molecule has 0 aromatic carbocycles. The summed E-state index contributed by atoms with van der Waals surface area (Å²) in [7, 11) is 0. The first-order valence-electron chi connectivity index (χ1n) is 10.7. The fourth-order valence-electron chi connectivity index (χ4n) is 5.42. The van der Waals surface area contributed by atoms with Crippen molar-refractivity contribution >= 4 is 11.6 Å². The van der Waals surface area contributed by atoms with Crippen LogP contribution >= 0.6 is 11.6 Å². The smallest absolute Gasteiger partial charge is 0.100 e. The minimum atomic E-state index is -0.564. The highest BCUT2D eigenvalue weighted by atomic mass is 35.5. The SMILES string of the molecule is FC1CCC(C2NNCC2CN2CCN(C3NCCCC3Cl)CC2)CC1. The van der Waals surface area contributed by atoms with Crippen molar-refractivity contribution in [2.75, 3.05) is 45.8 Å². The fourth-order valence-corrected chi connectivity index (χ4v) is 5.82. The van der Waals surface area contributed by atoms with E-state index in [4.69, 9.17) is 11.6 Å². The summed E-state index contributed by atoms with van der Waals surface area (Å²) in [4.78, 5) is 5.16. The zero-order chi connectivity index (χ0) is 17.9. The zero-order valence-corrected chi connectivity index (χ0v) is 16.6. The van der Waals surface area contributed by atoms with Crippen molar-refractivity contribution in [3.8, 4) is 0 Å². The van der Waals surface area contributed by atoms with Gasteiger partial charge in [0.05, 0.1) is 11.5 Å². The van der Waals surface area contributed by atoms with Crippen molar-refractivity contribution in [2.24, 2.45) is 11.8 Å². The Labute approximate surface area is 162 Å². The highest BCUT2D eigenvalue weighted by molar-refractivity contribution is 6.21. The molecule has 4 atom stereocenters. The molecule has 0 amide bonds. The van der Waals surface area contributed by atoms with Gasteiger partial charge in [-0.2, -0.15) is 0 Å². The second-order valence-electron chi connectivity index (χ2n) is 8.72. The Morgan fingerprint density at radius 2 is 1.77 bits per heavy atom. The van der Waals surface area contributed by atoms with E-state index >= 15 is 0 Å². The van der Waals surface area contributed by atoms with E-state index in [2.05, 4.69) is 26.0 Å². The molecule has 0 bridgehead atoms. The van der Waals surface area contributed by atoms with Crippen LogP contribution < -0.4 is 16.2 Å². The molecule has 26 heavy (non-hydrogen) atoms. The molecule has 3 saturated heterocycles. The van der Waals surface area contributed by atoms with Crippen molar-refractivity contribution in [3.05, 3.63) is 0 Å². The normalized spacial score (nSPS) is 43.6. The zero-order valence-electron chi connectivity index (χ0n) is 15.8. The number of piperidine rings is 1. The van der Waals surface area contributed by atoms with Gasteiger partial charge in [0.1, 0.15) is 6.17 Å². The van der Waals surface area contributed by atoms with Crippen LogP contribution in [-0.2, 0) is 0 Å². The molecule has 1 aliphatic carbocycles. The molecular weight excluding hydrogens is 353 g/mol. The number of hydrogen-bond acceptors (Lipinski definition) is 5. The number of nitrogens with zero attached hydrogens (tertiary/aromatic N) is 2. The largest absolute Gasteiger partial charge is 0.300 e. The summed E-state index contributed by atoms with van der Waals surface area (Å²) in [6.07, 6.45) is 5.69. The lowest BCUT2D eigenvalue weighted by atomic mass is 9.79. The summed E-state index contributed by atoms with van der Waals surface area (Å²) in [5, 5.41) is 3.85. The molecule has 3 heterocycles. The van der Waals surface area contributed by atoms with Gasteiger partial charge in [-0.25, -0.2) is 4.39 Å². The van der Waals surface area contributed by atoms with Gasteiger partial charge in [-0.15, -0.1) is 11.6 Å². The molecule has 3 N–H and O–H groups in total. The summed E-state index contributed by atoms with van der Waals surface area (Å²) < 4.78 is 13.5. The first-order valence-corrected chi connectivity index (χ1v) is 11.1. The number of alkyl halides is 2. The first-order chi connectivity index (χ1) is 12.7. The second kappa shape index (κ2) is 9.01. The van der Waals surface area contributed by atoms with Crippen LogP contribution in [0, 0.1) is 11.8 Å². The van der Waals surface area contributed by atoms with Crippen molar-refractivity contribution in [3.63, 3.8) is 0 Å². The highest BCUT2D eigenvalue weighted by Gasteiger charge is 2.37. The van der Waals surface area contributed by atoms with Gasteiger partial charge in [0.2, 0.25) is 0 Å². The van der Waals surface area contributed by atoms with E-state index in [9.17, 15) is 4.39 Å². The lowest BCUT2D eigenvalue weighted by Gasteiger charge is -2.43. The number of rotatable bonds is 4. The topological polar surface area (TPSA) is 42.6 Å². The minimum absolute atomic E-state index is 0.244. The van der Waals surface area contributed by atoms with E-state index < -0.39 is 6.17 Å². The van der Waals surface area contributed by atoms with Gasteiger partial charge in [0, 0.05) is 51.2 Å². The molecule has 4 rings (SSSR count). The van der Waals surface area contributed by atoms with Crippen LogP contribution in [0.1, 0.15) is 38.5 Å². The highest BCUT2D eigenvalue weighted by Crippen LogP contribution is 2.32. The van der Waals surface area contributed by atoms with Gasteiger partial charge in [0.25, 0.3) is 0 Å². The maximum Gasteiger partial charge on any atom is 0.100 e. The van der Waals surface area contributed by atoms with Crippen LogP contribution in [0.5, 0.6) is 0 Å². The van der Waals surface area contributed by atoms with E-state index in [1.165, 1.54) is 6.42 Å². The van der Waals surface area contributed by atoms with Gasteiger partial charge >= 0.3 is 0 Å². The van der Waals surface area contributed by atoms with Crippen LogP contribution in [0.15, 0.2) is 0 Å². The third kappa shape index (κ3) is 4.53. The van der Waals surface area contributed by atoms with E-state index in [1.807, 2.05) is 0 Å². The Morgan fingerprint density at radius 3 is 2.50 bits per heavy atom. The number of hydrogen-bond donors (Lipinski definition) is 3. The number of piperazine rings is 1. The first kappa shape index (κ1) is 19.3. The molecule has 0 spiro atoms. The van der Waals surface area contributed by atoms with Crippen LogP contribution in [0.25, 0.3) is 0 Å². The van der Waals surface area contributed by atoms with Gasteiger partial charge in [-0.05, 0) is 51.0 Å². The molecule has 1 saturated carbocycles.